The molecule has 3 rings (SSSR count). The molecule has 0 saturated carbocycles. The van der Waals surface area contributed by atoms with Crippen LogP contribution in [0.25, 0.3) is 0 Å². The van der Waals surface area contributed by atoms with Gasteiger partial charge in [0.05, 0.1) is 5.75 Å². The van der Waals surface area contributed by atoms with E-state index in [1.54, 1.807) is 30.5 Å². The van der Waals surface area contributed by atoms with Crippen LogP contribution in [0.15, 0.2) is 53.6 Å². The number of nitrogens with one attached hydrogen (secondary N) is 2. The lowest BCUT2D eigenvalue weighted by Crippen LogP contribution is -2.50. The minimum Gasteiger partial charge on any atom is -0.361 e. The van der Waals surface area contributed by atoms with E-state index in [9.17, 15) is 17.2 Å². The summed E-state index contributed by atoms with van der Waals surface area (Å²) in [6, 6.07) is 12.1. The topological polar surface area (TPSA) is 77.6 Å². The molecule has 31 heavy (non-hydrogen) atoms. The van der Waals surface area contributed by atoms with Crippen LogP contribution < -0.4 is 15.5 Å². The van der Waals surface area contributed by atoms with Gasteiger partial charge in [0.1, 0.15) is 5.82 Å². The van der Waals surface area contributed by atoms with Gasteiger partial charge in [-0.3, -0.25) is 0 Å². The van der Waals surface area contributed by atoms with Crippen molar-refractivity contribution in [3.8, 4) is 0 Å². The van der Waals surface area contributed by atoms with Gasteiger partial charge < -0.3 is 15.5 Å². The quantitative estimate of drug-likeness (QED) is 0.435. The highest BCUT2D eigenvalue weighted by Gasteiger charge is 2.27. The van der Waals surface area contributed by atoms with Crippen LogP contribution in [0.3, 0.4) is 0 Å². The molecule has 0 spiro atoms. The van der Waals surface area contributed by atoms with Gasteiger partial charge >= 0.3 is 0 Å². The molecule has 0 bridgehead atoms. The van der Waals surface area contributed by atoms with Gasteiger partial charge in [-0.1, -0.05) is 17.8 Å². The van der Waals surface area contributed by atoms with Crippen LogP contribution in [0, 0.1) is 0 Å². The number of pyridine rings is 1. The molecule has 1 aliphatic heterocycles. The smallest absolute Gasteiger partial charge is 0.288 e. The van der Waals surface area contributed by atoms with Crippen molar-refractivity contribution in [2.24, 2.45) is 0 Å². The Hall–Kier alpha value is -2.02. The summed E-state index contributed by atoms with van der Waals surface area (Å²) in [4.78, 5) is 6.82. The summed E-state index contributed by atoms with van der Waals surface area (Å²) < 4.78 is 51.4. The minimum atomic E-state index is -3.41. The van der Waals surface area contributed by atoms with Crippen molar-refractivity contribution in [2.45, 2.75) is 10.7 Å². The summed E-state index contributed by atoms with van der Waals surface area (Å²) in [5, 5.41) is 6.06. The van der Waals surface area contributed by atoms with Gasteiger partial charge in [-0.25, -0.2) is 13.4 Å². The molecular weight excluding hydrogens is 464 g/mol. The molecule has 0 radical (unpaired) electrons. The van der Waals surface area contributed by atoms with E-state index < -0.39 is 15.8 Å². The number of alkyl halides is 2. The molecule has 2 heterocycles. The summed E-state index contributed by atoms with van der Waals surface area (Å²) in [5.41, 5.74) is 0.629. The Morgan fingerprint density at radius 2 is 1.84 bits per heavy atom. The summed E-state index contributed by atoms with van der Waals surface area (Å²) >= 11 is 5.65. The maximum Gasteiger partial charge on any atom is 0.288 e. The normalized spacial score (nSPS) is 15.1. The third kappa shape index (κ3) is 7.27. The Morgan fingerprint density at radius 3 is 2.45 bits per heavy atom. The number of sulfonamides is 1. The first-order valence-corrected chi connectivity index (χ1v) is 12.5. The Kier molecular flexibility index (Phi) is 8.41. The van der Waals surface area contributed by atoms with E-state index in [0.29, 0.717) is 48.5 Å². The molecule has 168 valence electrons. The molecule has 7 nitrogen and oxygen atoms in total. The number of thiocarbonyl (C=S) groups is 1. The van der Waals surface area contributed by atoms with Crippen LogP contribution in [0.5, 0.6) is 0 Å². The molecule has 1 aromatic carbocycles. The summed E-state index contributed by atoms with van der Waals surface area (Å²) in [6.45, 7) is 2.15. The molecule has 1 saturated heterocycles. The van der Waals surface area contributed by atoms with E-state index in [4.69, 9.17) is 12.2 Å². The van der Waals surface area contributed by atoms with Gasteiger partial charge in [0.25, 0.3) is 5.76 Å². The van der Waals surface area contributed by atoms with Crippen molar-refractivity contribution in [2.75, 3.05) is 48.7 Å². The predicted molar refractivity (Wildman–Crippen MR) is 124 cm³/mol. The second-order valence-corrected chi connectivity index (χ2v) is 10.2. The zero-order valence-corrected chi connectivity index (χ0v) is 19.0. The lowest BCUT2D eigenvalue weighted by Gasteiger charge is -2.34. The third-order valence-electron chi connectivity index (χ3n) is 4.59. The number of thioether (sulfide) groups is 1. The Morgan fingerprint density at radius 1 is 1.13 bits per heavy atom. The number of aromatic nitrogens is 1. The maximum atomic E-state index is 12.6. The number of rotatable bonds is 8. The van der Waals surface area contributed by atoms with Gasteiger partial charge in [0.15, 0.2) is 5.11 Å². The van der Waals surface area contributed by atoms with Gasteiger partial charge in [-0.15, -0.1) is 0 Å². The monoisotopic (exact) mass is 487 g/mol. The molecule has 1 aliphatic rings. The first-order chi connectivity index (χ1) is 14.8. The molecule has 1 aromatic heterocycles. The zero-order valence-electron chi connectivity index (χ0n) is 16.6. The van der Waals surface area contributed by atoms with E-state index >= 15 is 0 Å². The number of benzene rings is 1. The van der Waals surface area contributed by atoms with Crippen LogP contribution in [-0.2, 0) is 10.0 Å². The fourth-order valence-electron chi connectivity index (χ4n) is 3.05. The van der Waals surface area contributed by atoms with Crippen molar-refractivity contribution in [3.63, 3.8) is 0 Å². The van der Waals surface area contributed by atoms with Gasteiger partial charge in [-0.2, -0.15) is 13.1 Å². The molecule has 2 aromatic rings. The molecule has 0 aliphatic carbocycles. The average molecular weight is 488 g/mol. The van der Waals surface area contributed by atoms with Gasteiger partial charge in [-0.05, 0) is 48.6 Å². The number of anilines is 2. The number of nitrogens with zero attached hydrogens (tertiary/aromatic N) is 3. The highest BCUT2D eigenvalue weighted by Crippen LogP contribution is 2.26. The summed E-state index contributed by atoms with van der Waals surface area (Å²) in [7, 11) is -3.41. The standard InChI is InChI=1S/C19H23F2N5O2S3/c20-18(21)30-16-6-4-15(5-7-16)24-19(29)23-9-14-31(27,28)26-12-10-25(11-13-26)17-3-1-2-8-22-17/h1-8,18H,9-14H2,(H2,23,24,29). The fourth-order valence-corrected chi connectivity index (χ4v) is 5.11. The zero-order chi connectivity index (χ0) is 22.3. The fraction of sp³-hybridized carbons (Fsp3) is 0.368. The van der Waals surface area contributed by atoms with Crippen molar-refractivity contribution in [3.05, 3.63) is 48.7 Å². The van der Waals surface area contributed by atoms with Crippen molar-refractivity contribution in [1.82, 2.24) is 14.6 Å². The predicted octanol–water partition coefficient (Wildman–Crippen LogP) is 2.83. The van der Waals surface area contributed by atoms with E-state index in [-0.39, 0.29) is 17.4 Å². The molecule has 0 atom stereocenters. The molecule has 0 unspecified atom stereocenters. The highest BCUT2D eigenvalue weighted by molar-refractivity contribution is 7.99. The van der Waals surface area contributed by atoms with Crippen LogP contribution >= 0.6 is 24.0 Å². The van der Waals surface area contributed by atoms with E-state index in [1.165, 1.54) is 4.31 Å². The lowest BCUT2D eigenvalue weighted by atomic mass is 10.3. The van der Waals surface area contributed by atoms with Crippen LogP contribution in [-0.4, -0.2) is 67.1 Å². The van der Waals surface area contributed by atoms with Gasteiger partial charge in [0.2, 0.25) is 10.0 Å². The van der Waals surface area contributed by atoms with Crippen molar-refractivity contribution >= 4 is 50.6 Å². The molecular formula is C19H23F2N5O2S3. The number of piperazine rings is 1. The van der Waals surface area contributed by atoms with Crippen LogP contribution in [0.2, 0.25) is 0 Å². The van der Waals surface area contributed by atoms with E-state index in [1.807, 2.05) is 18.2 Å². The first-order valence-electron chi connectivity index (χ1n) is 9.57. The van der Waals surface area contributed by atoms with Crippen LogP contribution in [0.1, 0.15) is 0 Å². The molecule has 0 amide bonds. The molecule has 12 heteroatoms. The largest absolute Gasteiger partial charge is 0.361 e. The number of hydrogen-bond donors (Lipinski definition) is 2. The highest BCUT2D eigenvalue weighted by atomic mass is 32.2. The third-order valence-corrected chi connectivity index (χ3v) is 7.43. The number of hydrogen-bond acceptors (Lipinski definition) is 6. The molecule has 2 N–H and O–H groups in total. The van der Waals surface area contributed by atoms with E-state index in [2.05, 4.69) is 20.5 Å². The van der Waals surface area contributed by atoms with Crippen LogP contribution in [0.4, 0.5) is 20.3 Å². The van der Waals surface area contributed by atoms with E-state index in [0.717, 1.165) is 5.82 Å². The van der Waals surface area contributed by atoms with Gasteiger partial charge in [0, 0.05) is 49.5 Å². The van der Waals surface area contributed by atoms with Crippen molar-refractivity contribution in [1.29, 1.82) is 0 Å². The maximum absolute atomic E-state index is 12.6. The Labute approximate surface area is 190 Å². The lowest BCUT2D eigenvalue weighted by molar-refractivity contribution is 0.252. The summed E-state index contributed by atoms with van der Waals surface area (Å²) in [6.07, 6.45) is 1.72. The Bertz CT molecular complexity index is 954. The first kappa shape index (κ1) is 23.6. The second-order valence-electron chi connectivity index (χ2n) is 6.67. The SMILES string of the molecule is O=S(=O)(CCNC(=S)Nc1ccc(SC(F)F)cc1)N1CCN(c2ccccn2)CC1. The Balaban J connectivity index is 1.40. The summed E-state index contributed by atoms with van der Waals surface area (Å²) in [5.74, 6) is -1.71. The average Bonchev–Trinajstić information content (AvgIpc) is 2.75. The van der Waals surface area contributed by atoms with Crippen molar-refractivity contribution < 1.29 is 17.2 Å². The molecule has 1 fully saturated rings. The second kappa shape index (κ2) is 11.0. The minimum absolute atomic E-state index is 0.0810. The number of halogens is 2.